The van der Waals surface area contributed by atoms with Crippen LogP contribution in [0.4, 0.5) is 4.39 Å². The highest BCUT2D eigenvalue weighted by atomic mass is 19.1. The van der Waals surface area contributed by atoms with Crippen LogP contribution in [0.1, 0.15) is 5.56 Å². The van der Waals surface area contributed by atoms with Crippen LogP contribution in [0.3, 0.4) is 0 Å². The molecule has 2 rings (SSSR count). The Kier molecular flexibility index (Phi) is 5.03. The third-order valence-corrected chi connectivity index (χ3v) is 3.94. The fourth-order valence-corrected chi connectivity index (χ4v) is 2.74. The van der Waals surface area contributed by atoms with Gasteiger partial charge in [0.15, 0.2) is 11.5 Å². The quantitative estimate of drug-likeness (QED) is 0.877. The van der Waals surface area contributed by atoms with Gasteiger partial charge < -0.3 is 19.5 Å². The van der Waals surface area contributed by atoms with Crippen molar-refractivity contribution in [2.24, 2.45) is 0 Å². The Bertz CT molecular complexity index is 496. The van der Waals surface area contributed by atoms with E-state index in [1.807, 2.05) is 23.9 Å². The molecule has 0 unspecified atom stereocenters. The first kappa shape index (κ1) is 16.0. The lowest BCUT2D eigenvalue weighted by Gasteiger charge is -2.22. The maximum absolute atomic E-state index is 14.1. The monoisotopic (exact) mass is 298 g/mol. The number of likely N-dealkylation sites (tertiary alicyclic amines) is 1. The number of hydrogen-bond donors (Lipinski definition) is 1. The van der Waals surface area contributed by atoms with Crippen LogP contribution in [0.2, 0.25) is 0 Å². The molecule has 1 aliphatic heterocycles. The first-order chi connectivity index (χ1) is 9.96. The molecule has 1 fully saturated rings. The zero-order valence-electron chi connectivity index (χ0n) is 13.0. The molecule has 0 aliphatic carbocycles. The van der Waals surface area contributed by atoms with Crippen molar-refractivity contribution in [2.75, 3.05) is 41.4 Å². The summed E-state index contributed by atoms with van der Waals surface area (Å²) in [5.74, 6) is 0.569. The first-order valence-corrected chi connectivity index (χ1v) is 6.93. The van der Waals surface area contributed by atoms with E-state index in [2.05, 4.69) is 0 Å². The second kappa shape index (κ2) is 6.60. The van der Waals surface area contributed by atoms with Gasteiger partial charge in [-0.05, 0) is 20.2 Å². The number of benzene rings is 1. The molecule has 1 N–H and O–H groups in total. The number of nitrogens with zero attached hydrogens (tertiary/aromatic N) is 2. The van der Waals surface area contributed by atoms with E-state index in [0.29, 0.717) is 36.7 Å². The molecule has 1 aliphatic rings. The highest BCUT2D eigenvalue weighted by molar-refractivity contribution is 5.43. The molecule has 0 radical (unpaired) electrons. The predicted molar refractivity (Wildman–Crippen MR) is 78.3 cm³/mol. The molecule has 0 spiro atoms. The predicted octanol–water partition coefficient (Wildman–Crippen LogP) is 0.950. The SMILES string of the molecule is COc1cc(F)c(CN2C[C@H](O)[C@@H](N(C)C)C2)cc1OC. The highest BCUT2D eigenvalue weighted by Crippen LogP contribution is 2.31. The van der Waals surface area contributed by atoms with Crippen LogP contribution in [0.5, 0.6) is 11.5 Å². The lowest BCUT2D eigenvalue weighted by atomic mass is 10.1. The number of aliphatic hydroxyl groups excluding tert-OH is 1. The standard InChI is InChI=1S/C15H23FN2O3/c1-17(2)12-8-18(9-13(12)19)7-10-5-14(20-3)15(21-4)6-11(10)16/h5-6,12-13,19H,7-9H2,1-4H3/t12-,13-/m0/s1. The number of halogens is 1. The molecule has 118 valence electrons. The van der Waals surface area contributed by atoms with Crippen LogP contribution < -0.4 is 9.47 Å². The van der Waals surface area contributed by atoms with Crippen molar-refractivity contribution in [3.63, 3.8) is 0 Å². The molecule has 0 bridgehead atoms. The lowest BCUT2D eigenvalue weighted by molar-refractivity contribution is 0.112. The average Bonchev–Trinajstić information content (AvgIpc) is 2.81. The van der Waals surface area contributed by atoms with Gasteiger partial charge in [-0.3, -0.25) is 4.90 Å². The summed E-state index contributed by atoms with van der Waals surface area (Å²) in [5.41, 5.74) is 0.541. The van der Waals surface area contributed by atoms with Crippen molar-refractivity contribution in [1.82, 2.24) is 9.80 Å². The van der Waals surface area contributed by atoms with Gasteiger partial charge in [0.25, 0.3) is 0 Å². The molecular formula is C15H23FN2O3. The van der Waals surface area contributed by atoms with Crippen molar-refractivity contribution < 1.29 is 19.0 Å². The average molecular weight is 298 g/mol. The van der Waals surface area contributed by atoms with E-state index >= 15 is 0 Å². The fourth-order valence-electron chi connectivity index (χ4n) is 2.74. The number of methoxy groups -OCH3 is 2. The van der Waals surface area contributed by atoms with Crippen LogP contribution in [-0.4, -0.2) is 68.5 Å². The van der Waals surface area contributed by atoms with E-state index in [9.17, 15) is 9.50 Å². The van der Waals surface area contributed by atoms with Gasteiger partial charge in [0, 0.05) is 37.3 Å². The topological polar surface area (TPSA) is 45.2 Å². The number of ether oxygens (including phenoxy) is 2. The van der Waals surface area contributed by atoms with E-state index in [0.717, 1.165) is 0 Å². The largest absolute Gasteiger partial charge is 0.493 e. The fraction of sp³-hybridized carbons (Fsp3) is 0.600. The molecule has 1 aromatic rings. The van der Waals surface area contributed by atoms with Crippen molar-refractivity contribution in [1.29, 1.82) is 0 Å². The zero-order valence-corrected chi connectivity index (χ0v) is 13.0. The van der Waals surface area contributed by atoms with Gasteiger partial charge >= 0.3 is 0 Å². The van der Waals surface area contributed by atoms with Gasteiger partial charge in [-0.15, -0.1) is 0 Å². The summed E-state index contributed by atoms with van der Waals surface area (Å²) in [5, 5.41) is 10.0. The lowest BCUT2D eigenvalue weighted by Crippen LogP contribution is -2.37. The van der Waals surface area contributed by atoms with Crippen LogP contribution in [-0.2, 0) is 6.54 Å². The van der Waals surface area contributed by atoms with E-state index < -0.39 is 6.10 Å². The summed E-state index contributed by atoms with van der Waals surface area (Å²) < 4.78 is 24.4. The number of aliphatic hydroxyl groups is 1. The molecule has 1 saturated heterocycles. The number of rotatable bonds is 5. The number of hydrogen-bond acceptors (Lipinski definition) is 5. The van der Waals surface area contributed by atoms with E-state index in [1.165, 1.54) is 20.3 Å². The van der Waals surface area contributed by atoms with Crippen LogP contribution >= 0.6 is 0 Å². The Hall–Kier alpha value is -1.37. The van der Waals surface area contributed by atoms with Crippen molar-refractivity contribution in [2.45, 2.75) is 18.7 Å². The Morgan fingerprint density at radius 2 is 1.86 bits per heavy atom. The summed E-state index contributed by atoms with van der Waals surface area (Å²) in [6.45, 7) is 1.69. The zero-order chi connectivity index (χ0) is 15.6. The Labute approximate surface area is 124 Å². The summed E-state index contributed by atoms with van der Waals surface area (Å²) in [6.07, 6.45) is -0.414. The molecule has 0 saturated carbocycles. The van der Waals surface area contributed by atoms with Gasteiger partial charge in [-0.25, -0.2) is 4.39 Å². The van der Waals surface area contributed by atoms with Crippen molar-refractivity contribution in [3.8, 4) is 11.5 Å². The summed E-state index contributed by atoms with van der Waals surface area (Å²) in [4.78, 5) is 4.04. The highest BCUT2D eigenvalue weighted by Gasteiger charge is 2.33. The normalized spacial score (nSPS) is 22.8. The Balaban J connectivity index is 2.13. The molecule has 5 nitrogen and oxygen atoms in total. The van der Waals surface area contributed by atoms with Crippen LogP contribution in [0.15, 0.2) is 12.1 Å². The van der Waals surface area contributed by atoms with Crippen molar-refractivity contribution in [3.05, 3.63) is 23.5 Å². The van der Waals surface area contributed by atoms with E-state index in [-0.39, 0.29) is 11.9 Å². The second-order valence-electron chi connectivity index (χ2n) is 5.59. The molecule has 0 aromatic heterocycles. The number of β-amino-alcohol motifs (C(OH)–C–C–N with tert-alkyl or cyclic N) is 1. The maximum atomic E-state index is 14.1. The minimum Gasteiger partial charge on any atom is -0.493 e. The third-order valence-electron chi connectivity index (χ3n) is 3.94. The van der Waals surface area contributed by atoms with Crippen LogP contribution in [0.25, 0.3) is 0 Å². The Morgan fingerprint density at radius 3 is 2.38 bits per heavy atom. The minimum atomic E-state index is -0.414. The number of likely N-dealkylation sites (N-methyl/N-ethyl adjacent to an activating group) is 1. The van der Waals surface area contributed by atoms with Gasteiger partial charge in [-0.1, -0.05) is 0 Å². The van der Waals surface area contributed by atoms with Crippen molar-refractivity contribution >= 4 is 0 Å². The summed E-state index contributed by atoms with van der Waals surface area (Å²) in [6, 6.07) is 3.07. The first-order valence-electron chi connectivity index (χ1n) is 6.93. The van der Waals surface area contributed by atoms with Gasteiger partial charge in [-0.2, -0.15) is 0 Å². The van der Waals surface area contributed by atoms with Gasteiger partial charge in [0.05, 0.1) is 20.3 Å². The van der Waals surface area contributed by atoms with Crippen LogP contribution in [0, 0.1) is 5.82 Å². The molecule has 0 amide bonds. The van der Waals surface area contributed by atoms with Gasteiger partial charge in [0.1, 0.15) is 5.82 Å². The minimum absolute atomic E-state index is 0.0770. The molecule has 21 heavy (non-hydrogen) atoms. The molecular weight excluding hydrogens is 275 g/mol. The maximum Gasteiger partial charge on any atom is 0.163 e. The molecule has 1 aromatic carbocycles. The molecule has 1 heterocycles. The summed E-state index contributed by atoms with van der Waals surface area (Å²) in [7, 11) is 6.89. The second-order valence-corrected chi connectivity index (χ2v) is 5.59. The van der Waals surface area contributed by atoms with E-state index in [4.69, 9.17) is 9.47 Å². The van der Waals surface area contributed by atoms with Gasteiger partial charge in [0.2, 0.25) is 0 Å². The summed E-state index contributed by atoms with van der Waals surface area (Å²) >= 11 is 0. The third kappa shape index (κ3) is 3.45. The smallest absolute Gasteiger partial charge is 0.163 e. The van der Waals surface area contributed by atoms with E-state index in [1.54, 1.807) is 6.07 Å². The molecule has 2 atom stereocenters. The Morgan fingerprint density at radius 1 is 1.24 bits per heavy atom. The molecule has 6 heteroatoms.